The molecule has 0 bridgehead atoms. The van der Waals surface area contributed by atoms with Gasteiger partial charge in [0.15, 0.2) is 0 Å². The summed E-state index contributed by atoms with van der Waals surface area (Å²) in [6, 6.07) is 6.39. The Balaban J connectivity index is 3.12. The van der Waals surface area contributed by atoms with Crippen LogP contribution in [-0.2, 0) is 0 Å². The van der Waals surface area contributed by atoms with Gasteiger partial charge in [0.05, 0.1) is 5.69 Å². The number of hydrogen-bond acceptors (Lipinski definition) is 2. The molecule has 19 heavy (non-hydrogen) atoms. The number of nitrogens with zero attached hydrogens (tertiary/aromatic N) is 1. The van der Waals surface area contributed by atoms with E-state index in [9.17, 15) is 4.79 Å². The molecule has 1 aromatic rings. The highest BCUT2D eigenvalue weighted by molar-refractivity contribution is 9.10. The predicted octanol–water partition coefficient (Wildman–Crippen LogP) is 4.91. The van der Waals surface area contributed by atoms with Gasteiger partial charge in [-0.05, 0) is 52.9 Å². The van der Waals surface area contributed by atoms with Gasteiger partial charge in [-0.25, -0.2) is 0 Å². The first-order valence-corrected chi connectivity index (χ1v) is 7.84. The Hall–Kier alpha value is -0.830. The standard InChI is InChI=1S/C16H24BrNO/c1-5-14(6-2)18(10-12(3)4)16-8-7-13(11-19)9-15(16)17/h7-9,11-12,14H,5-6,10H2,1-4H3. The number of carbonyl (C=O) groups excluding carboxylic acids is 1. The van der Waals surface area contributed by atoms with Crippen LogP contribution in [0.15, 0.2) is 22.7 Å². The molecule has 1 aromatic carbocycles. The number of benzene rings is 1. The third-order valence-corrected chi connectivity index (χ3v) is 4.00. The van der Waals surface area contributed by atoms with Crippen molar-refractivity contribution < 1.29 is 4.79 Å². The van der Waals surface area contributed by atoms with Crippen LogP contribution < -0.4 is 4.90 Å². The molecule has 0 atom stereocenters. The van der Waals surface area contributed by atoms with Crippen LogP contribution in [0.1, 0.15) is 50.9 Å². The fourth-order valence-corrected chi connectivity index (χ4v) is 3.02. The van der Waals surface area contributed by atoms with Gasteiger partial charge < -0.3 is 4.90 Å². The lowest BCUT2D eigenvalue weighted by atomic mass is 10.1. The molecule has 0 aliphatic rings. The monoisotopic (exact) mass is 325 g/mol. The zero-order chi connectivity index (χ0) is 14.4. The zero-order valence-electron chi connectivity index (χ0n) is 12.3. The van der Waals surface area contributed by atoms with Gasteiger partial charge in [-0.1, -0.05) is 27.7 Å². The van der Waals surface area contributed by atoms with Gasteiger partial charge >= 0.3 is 0 Å². The lowest BCUT2D eigenvalue weighted by Gasteiger charge is -2.35. The van der Waals surface area contributed by atoms with Crippen molar-refractivity contribution in [1.29, 1.82) is 0 Å². The minimum absolute atomic E-state index is 0.542. The second kappa shape index (κ2) is 7.68. The Bertz CT molecular complexity index is 413. The van der Waals surface area contributed by atoms with E-state index in [1.165, 1.54) is 5.69 Å². The van der Waals surface area contributed by atoms with E-state index in [0.29, 0.717) is 17.5 Å². The van der Waals surface area contributed by atoms with Crippen LogP contribution in [0.2, 0.25) is 0 Å². The quantitative estimate of drug-likeness (QED) is 0.663. The van der Waals surface area contributed by atoms with Gasteiger partial charge in [-0.2, -0.15) is 0 Å². The number of aldehydes is 1. The average molecular weight is 326 g/mol. The van der Waals surface area contributed by atoms with Gasteiger partial charge in [-0.3, -0.25) is 4.79 Å². The van der Waals surface area contributed by atoms with Gasteiger partial charge in [-0.15, -0.1) is 0 Å². The van der Waals surface area contributed by atoms with Crippen molar-refractivity contribution >= 4 is 27.9 Å². The van der Waals surface area contributed by atoms with E-state index >= 15 is 0 Å². The molecule has 0 fully saturated rings. The minimum Gasteiger partial charge on any atom is -0.367 e. The van der Waals surface area contributed by atoms with Crippen molar-refractivity contribution in [3.05, 3.63) is 28.2 Å². The molecule has 0 amide bonds. The fraction of sp³-hybridized carbons (Fsp3) is 0.562. The number of halogens is 1. The summed E-state index contributed by atoms with van der Waals surface area (Å²) in [4.78, 5) is 13.3. The lowest BCUT2D eigenvalue weighted by molar-refractivity contribution is 0.112. The smallest absolute Gasteiger partial charge is 0.150 e. The Labute approximate surface area is 125 Å². The van der Waals surface area contributed by atoms with Gasteiger partial charge in [0.25, 0.3) is 0 Å². The SMILES string of the molecule is CCC(CC)N(CC(C)C)c1ccc(C=O)cc1Br. The fourth-order valence-electron chi connectivity index (χ4n) is 2.40. The van der Waals surface area contributed by atoms with Crippen molar-refractivity contribution in [1.82, 2.24) is 0 Å². The molecule has 3 heteroatoms. The van der Waals surface area contributed by atoms with Crippen LogP contribution in [0.4, 0.5) is 5.69 Å². The molecule has 0 aliphatic heterocycles. The molecular formula is C16H24BrNO. The molecule has 0 N–H and O–H groups in total. The van der Waals surface area contributed by atoms with E-state index in [2.05, 4.69) is 54.6 Å². The largest absolute Gasteiger partial charge is 0.367 e. The summed E-state index contributed by atoms with van der Waals surface area (Å²) < 4.78 is 1.00. The molecule has 2 nitrogen and oxygen atoms in total. The first kappa shape index (κ1) is 16.2. The van der Waals surface area contributed by atoms with Crippen LogP contribution >= 0.6 is 15.9 Å². The van der Waals surface area contributed by atoms with Crippen molar-refractivity contribution in [2.75, 3.05) is 11.4 Å². The Morgan fingerprint density at radius 1 is 1.26 bits per heavy atom. The van der Waals surface area contributed by atoms with E-state index < -0.39 is 0 Å². The van der Waals surface area contributed by atoms with Crippen LogP contribution in [0.25, 0.3) is 0 Å². The maximum Gasteiger partial charge on any atom is 0.150 e. The van der Waals surface area contributed by atoms with Crippen molar-refractivity contribution in [3.8, 4) is 0 Å². The number of rotatable bonds is 7. The molecular weight excluding hydrogens is 302 g/mol. The Morgan fingerprint density at radius 2 is 1.89 bits per heavy atom. The van der Waals surface area contributed by atoms with Crippen LogP contribution in [-0.4, -0.2) is 18.9 Å². The maximum absolute atomic E-state index is 10.8. The van der Waals surface area contributed by atoms with E-state index in [1.807, 2.05) is 12.1 Å². The molecule has 0 heterocycles. The summed E-state index contributed by atoms with van der Waals surface area (Å²) in [6.07, 6.45) is 3.15. The third-order valence-electron chi connectivity index (χ3n) is 3.36. The molecule has 1 rings (SSSR count). The maximum atomic E-state index is 10.8. The van der Waals surface area contributed by atoms with Crippen molar-refractivity contribution in [2.24, 2.45) is 5.92 Å². The zero-order valence-corrected chi connectivity index (χ0v) is 13.9. The van der Waals surface area contributed by atoms with Crippen LogP contribution in [0.3, 0.4) is 0 Å². The highest BCUT2D eigenvalue weighted by Crippen LogP contribution is 2.30. The van der Waals surface area contributed by atoms with Crippen molar-refractivity contribution in [2.45, 2.75) is 46.6 Å². The highest BCUT2D eigenvalue weighted by atomic mass is 79.9. The summed E-state index contributed by atoms with van der Waals surface area (Å²) in [7, 11) is 0. The van der Waals surface area contributed by atoms with E-state index in [4.69, 9.17) is 0 Å². The number of carbonyl (C=O) groups is 1. The number of anilines is 1. The van der Waals surface area contributed by atoms with E-state index in [1.54, 1.807) is 0 Å². The molecule has 0 radical (unpaired) electrons. The van der Waals surface area contributed by atoms with Gasteiger partial charge in [0, 0.05) is 22.6 Å². The Kier molecular flexibility index (Phi) is 6.56. The van der Waals surface area contributed by atoms with E-state index in [0.717, 1.165) is 30.1 Å². The molecule has 0 spiro atoms. The summed E-state index contributed by atoms with van der Waals surface area (Å²) in [5, 5.41) is 0. The van der Waals surface area contributed by atoms with Crippen molar-refractivity contribution in [3.63, 3.8) is 0 Å². The molecule has 106 valence electrons. The number of hydrogen-bond donors (Lipinski definition) is 0. The van der Waals surface area contributed by atoms with Crippen LogP contribution in [0.5, 0.6) is 0 Å². The van der Waals surface area contributed by atoms with E-state index in [-0.39, 0.29) is 0 Å². The molecule has 0 saturated carbocycles. The molecule has 0 saturated heterocycles. The lowest BCUT2D eigenvalue weighted by Crippen LogP contribution is -2.37. The first-order valence-electron chi connectivity index (χ1n) is 7.04. The second-order valence-corrected chi connectivity index (χ2v) is 6.20. The summed E-state index contributed by atoms with van der Waals surface area (Å²) in [5.41, 5.74) is 1.90. The predicted molar refractivity (Wildman–Crippen MR) is 86.1 cm³/mol. The molecule has 0 aliphatic carbocycles. The average Bonchev–Trinajstić information content (AvgIpc) is 2.38. The molecule has 0 unspecified atom stereocenters. The normalized spacial score (nSPS) is 11.1. The summed E-state index contributed by atoms with van der Waals surface area (Å²) in [5.74, 6) is 0.609. The van der Waals surface area contributed by atoms with Crippen LogP contribution in [0, 0.1) is 5.92 Å². The first-order chi connectivity index (χ1) is 9.03. The van der Waals surface area contributed by atoms with Gasteiger partial charge in [0.2, 0.25) is 0 Å². The summed E-state index contributed by atoms with van der Waals surface area (Å²) in [6.45, 7) is 9.97. The minimum atomic E-state index is 0.542. The second-order valence-electron chi connectivity index (χ2n) is 5.35. The topological polar surface area (TPSA) is 20.3 Å². The van der Waals surface area contributed by atoms with Gasteiger partial charge in [0.1, 0.15) is 6.29 Å². The molecule has 0 aromatic heterocycles. The highest BCUT2D eigenvalue weighted by Gasteiger charge is 2.19. The Morgan fingerprint density at radius 3 is 2.32 bits per heavy atom. The third kappa shape index (κ3) is 4.34. The summed E-state index contributed by atoms with van der Waals surface area (Å²) >= 11 is 3.60.